The van der Waals surface area contributed by atoms with Gasteiger partial charge in [0.25, 0.3) is 0 Å². The van der Waals surface area contributed by atoms with Crippen LogP contribution < -0.4 is 19.9 Å². The highest BCUT2D eigenvalue weighted by molar-refractivity contribution is 6.33. The van der Waals surface area contributed by atoms with Crippen LogP contribution >= 0.6 is 11.6 Å². The Kier molecular flexibility index (Phi) is 6.67. The van der Waals surface area contributed by atoms with Crippen LogP contribution in [0, 0.1) is 0 Å². The minimum absolute atomic E-state index is 0.0636. The average Bonchev–Trinajstić information content (AvgIpc) is 3.34. The maximum absolute atomic E-state index is 13.6. The molecule has 1 atom stereocenters. The molecule has 2 saturated heterocycles. The van der Waals surface area contributed by atoms with Gasteiger partial charge in [0.05, 0.1) is 41.2 Å². The Bertz CT molecular complexity index is 1400. The Morgan fingerprint density at radius 3 is 2.74 bits per heavy atom. The average molecular weight is 561 g/mol. The number of pyridine rings is 1. The molecule has 1 aromatic carbocycles. The first kappa shape index (κ1) is 25.6. The van der Waals surface area contributed by atoms with Crippen molar-refractivity contribution in [2.75, 3.05) is 41.4 Å². The van der Waals surface area contributed by atoms with E-state index in [0.29, 0.717) is 44.2 Å². The lowest BCUT2D eigenvalue weighted by atomic mass is 10.1. The zero-order chi connectivity index (χ0) is 27.1. The van der Waals surface area contributed by atoms with Crippen molar-refractivity contribution >= 4 is 35.0 Å². The van der Waals surface area contributed by atoms with E-state index in [1.54, 1.807) is 12.1 Å². The summed E-state index contributed by atoms with van der Waals surface area (Å²) in [4.78, 5) is 30.3. The van der Waals surface area contributed by atoms with Crippen molar-refractivity contribution in [3.8, 4) is 17.3 Å². The van der Waals surface area contributed by atoms with Gasteiger partial charge in [0.1, 0.15) is 11.9 Å². The Hall–Kier alpha value is -3.64. The maximum atomic E-state index is 13.6. The number of benzene rings is 1. The van der Waals surface area contributed by atoms with Gasteiger partial charge in [-0.25, -0.2) is 14.8 Å². The maximum Gasteiger partial charge on any atom is 0.416 e. The molecule has 6 rings (SSSR count). The van der Waals surface area contributed by atoms with E-state index < -0.39 is 17.8 Å². The lowest BCUT2D eigenvalue weighted by Crippen LogP contribution is -2.48. The SMILES string of the molecule is O=C(Nc1ccnc(OC2CCOCC2)n1)N1c2nc(-c3cccc(C(F)(F)F)c3)c(Cl)cc2N2CC[C@H]1C2. The van der Waals surface area contributed by atoms with Gasteiger partial charge in [-0.05, 0) is 30.7 Å². The fourth-order valence-electron chi connectivity index (χ4n) is 5.11. The molecule has 2 amide bonds. The number of halogens is 4. The first-order valence-electron chi connectivity index (χ1n) is 12.6. The number of carbonyl (C=O) groups excluding carboxylic acids is 1. The van der Waals surface area contributed by atoms with Crippen molar-refractivity contribution in [2.45, 2.75) is 37.6 Å². The summed E-state index contributed by atoms with van der Waals surface area (Å²) in [5.41, 5.74) is 0.204. The van der Waals surface area contributed by atoms with Gasteiger partial charge in [-0.2, -0.15) is 18.2 Å². The number of nitrogens with one attached hydrogen (secondary N) is 1. The molecule has 3 aromatic rings. The molecule has 2 fully saturated rings. The molecular weight excluding hydrogens is 537 g/mol. The van der Waals surface area contributed by atoms with Crippen LogP contribution in [-0.4, -0.2) is 59.4 Å². The molecule has 39 heavy (non-hydrogen) atoms. The van der Waals surface area contributed by atoms with Gasteiger partial charge in [-0.1, -0.05) is 23.7 Å². The zero-order valence-electron chi connectivity index (χ0n) is 20.6. The predicted octanol–water partition coefficient (Wildman–Crippen LogP) is 5.40. The molecule has 0 saturated carbocycles. The Morgan fingerprint density at radius 2 is 1.95 bits per heavy atom. The third-order valence-electron chi connectivity index (χ3n) is 7.02. The molecule has 0 radical (unpaired) electrons. The molecule has 9 nitrogen and oxygen atoms in total. The van der Waals surface area contributed by atoms with Gasteiger partial charge in [0.2, 0.25) is 0 Å². The number of hydrogen-bond donors (Lipinski definition) is 1. The number of alkyl halides is 3. The summed E-state index contributed by atoms with van der Waals surface area (Å²) in [5, 5.41) is 3.01. The number of hydrogen-bond acceptors (Lipinski definition) is 7. The molecule has 0 aliphatic carbocycles. The summed E-state index contributed by atoms with van der Waals surface area (Å²) in [7, 11) is 0. The summed E-state index contributed by atoms with van der Waals surface area (Å²) < 4.78 is 51.3. The van der Waals surface area contributed by atoms with Gasteiger partial charge in [0, 0.05) is 37.7 Å². The Labute approximate surface area is 226 Å². The highest BCUT2D eigenvalue weighted by Crippen LogP contribution is 2.43. The van der Waals surface area contributed by atoms with E-state index in [0.717, 1.165) is 25.0 Å². The smallest absolute Gasteiger partial charge is 0.416 e. The standard InChI is InChI=1S/C26H24ClF3N6O3/c27-19-13-20-23(34-22(19)15-2-1-3-16(12-15)26(28,29)30)36(17-5-9-35(20)14-17)25(37)33-21-4-8-31-24(32-21)39-18-6-10-38-11-7-18/h1-4,8,12-13,17-18H,5-7,9-11,14H2,(H,31,32,33,37)/t17-/m0/s1. The normalized spacial score (nSPS) is 19.1. The van der Waals surface area contributed by atoms with E-state index in [1.807, 2.05) is 0 Å². The van der Waals surface area contributed by atoms with Crippen LogP contribution in [0.15, 0.2) is 42.6 Å². The van der Waals surface area contributed by atoms with Gasteiger partial charge in [0.15, 0.2) is 5.82 Å². The van der Waals surface area contributed by atoms with E-state index in [1.165, 1.54) is 23.2 Å². The highest BCUT2D eigenvalue weighted by atomic mass is 35.5. The fourth-order valence-corrected chi connectivity index (χ4v) is 5.37. The highest BCUT2D eigenvalue weighted by Gasteiger charge is 2.41. The molecule has 5 heterocycles. The van der Waals surface area contributed by atoms with Crippen LogP contribution in [0.1, 0.15) is 24.8 Å². The molecule has 1 N–H and O–H groups in total. The molecule has 2 bridgehead atoms. The minimum Gasteiger partial charge on any atom is -0.460 e. The largest absolute Gasteiger partial charge is 0.460 e. The molecule has 2 aromatic heterocycles. The topological polar surface area (TPSA) is 92.7 Å². The third-order valence-corrected chi connectivity index (χ3v) is 7.31. The van der Waals surface area contributed by atoms with Crippen LogP contribution in [0.2, 0.25) is 5.02 Å². The zero-order valence-corrected chi connectivity index (χ0v) is 21.4. The summed E-state index contributed by atoms with van der Waals surface area (Å²) in [6, 6.07) is 7.54. The van der Waals surface area contributed by atoms with Crippen molar-refractivity contribution in [3.63, 3.8) is 0 Å². The molecule has 13 heteroatoms. The number of fused-ring (bicyclic) bond motifs is 4. The molecule has 0 unspecified atom stereocenters. The fraction of sp³-hybridized carbons (Fsp3) is 0.385. The van der Waals surface area contributed by atoms with Gasteiger partial charge >= 0.3 is 18.2 Å². The Morgan fingerprint density at radius 1 is 1.13 bits per heavy atom. The van der Waals surface area contributed by atoms with E-state index in [9.17, 15) is 18.0 Å². The monoisotopic (exact) mass is 560 g/mol. The number of ether oxygens (including phenoxy) is 2. The van der Waals surface area contributed by atoms with Crippen molar-refractivity contribution in [3.05, 3.63) is 53.2 Å². The quantitative estimate of drug-likeness (QED) is 0.457. The number of urea groups is 1. The van der Waals surface area contributed by atoms with Crippen LogP contribution in [0.5, 0.6) is 6.01 Å². The summed E-state index contributed by atoms with van der Waals surface area (Å²) in [6.07, 6.45) is -0.925. The molecule has 0 spiro atoms. The third kappa shape index (κ3) is 5.18. The van der Waals surface area contributed by atoms with Gasteiger partial charge in [-0.3, -0.25) is 10.2 Å². The first-order chi connectivity index (χ1) is 18.8. The lowest BCUT2D eigenvalue weighted by molar-refractivity contribution is -0.137. The second kappa shape index (κ2) is 10.2. The van der Waals surface area contributed by atoms with E-state index in [2.05, 4.69) is 25.2 Å². The molecule has 3 aliphatic heterocycles. The predicted molar refractivity (Wildman–Crippen MR) is 138 cm³/mol. The van der Waals surface area contributed by atoms with E-state index in [4.69, 9.17) is 21.1 Å². The van der Waals surface area contributed by atoms with Crippen LogP contribution in [0.3, 0.4) is 0 Å². The van der Waals surface area contributed by atoms with Crippen LogP contribution in [0.4, 0.5) is 35.3 Å². The van der Waals surface area contributed by atoms with Crippen LogP contribution in [0.25, 0.3) is 11.3 Å². The number of amides is 2. The van der Waals surface area contributed by atoms with Gasteiger partial charge < -0.3 is 14.4 Å². The van der Waals surface area contributed by atoms with Crippen molar-refractivity contribution < 1.29 is 27.4 Å². The molecule has 204 valence electrons. The summed E-state index contributed by atoms with van der Waals surface area (Å²) >= 11 is 6.52. The number of aromatic nitrogens is 3. The lowest BCUT2D eigenvalue weighted by Gasteiger charge is -2.36. The number of nitrogens with zero attached hydrogens (tertiary/aromatic N) is 5. The summed E-state index contributed by atoms with van der Waals surface area (Å²) in [6.45, 7) is 2.49. The molecular formula is C26H24ClF3N6O3. The number of carbonyl (C=O) groups is 1. The number of anilines is 3. The Balaban J connectivity index is 1.30. The van der Waals surface area contributed by atoms with Crippen molar-refractivity contribution in [2.24, 2.45) is 0 Å². The van der Waals surface area contributed by atoms with E-state index in [-0.39, 0.29) is 40.3 Å². The molecule has 3 aliphatic rings. The summed E-state index contributed by atoms with van der Waals surface area (Å²) in [5.74, 6) is 0.580. The first-order valence-corrected chi connectivity index (χ1v) is 12.9. The number of rotatable bonds is 4. The second-order valence-corrected chi connectivity index (χ2v) is 9.99. The van der Waals surface area contributed by atoms with E-state index >= 15 is 0 Å². The second-order valence-electron chi connectivity index (χ2n) is 9.58. The van der Waals surface area contributed by atoms with Crippen LogP contribution in [-0.2, 0) is 10.9 Å². The van der Waals surface area contributed by atoms with Crippen molar-refractivity contribution in [1.29, 1.82) is 0 Å². The minimum atomic E-state index is -4.52. The van der Waals surface area contributed by atoms with Gasteiger partial charge in [-0.15, -0.1) is 0 Å². The van der Waals surface area contributed by atoms with Crippen molar-refractivity contribution in [1.82, 2.24) is 15.0 Å².